The quantitative estimate of drug-likeness (QED) is 0.848. The first-order valence-corrected chi connectivity index (χ1v) is 6.55. The highest BCUT2D eigenvalue weighted by Gasteiger charge is 2.25. The SMILES string of the molecule is CCN(CC)c1ccc(C=C2SC(=O)NC2=O)o1. The van der Waals surface area contributed by atoms with E-state index in [9.17, 15) is 9.59 Å². The number of amides is 2. The van der Waals surface area contributed by atoms with Crippen LogP contribution in [0.3, 0.4) is 0 Å². The van der Waals surface area contributed by atoms with Crippen LogP contribution in [0.5, 0.6) is 0 Å². The van der Waals surface area contributed by atoms with Crippen LogP contribution in [0.15, 0.2) is 21.5 Å². The van der Waals surface area contributed by atoms with Gasteiger partial charge in [-0.3, -0.25) is 14.9 Å². The molecule has 18 heavy (non-hydrogen) atoms. The number of carbonyl (C=O) groups is 2. The summed E-state index contributed by atoms with van der Waals surface area (Å²) in [4.78, 5) is 24.8. The second-order valence-electron chi connectivity index (χ2n) is 3.70. The second-order valence-corrected chi connectivity index (χ2v) is 4.72. The lowest BCUT2D eigenvalue weighted by Crippen LogP contribution is -2.20. The fraction of sp³-hybridized carbons (Fsp3) is 0.333. The molecule has 1 aromatic rings. The van der Waals surface area contributed by atoms with Gasteiger partial charge in [0.05, 0.1) is 4.91 Å². The van der Waals surface area contributed by atoms with Crippen LogP contribution in [-0.4, -0.2) is 24.2 Å². The van der Waals surface area contributed by atoms with Crippen LogP contribution in [0.1, 0.15) is 19.6 Å². The molecule has 0 spiro atoms. The molecule has 96 valence electrons. The highest BCUT2D eigenvalue weighted by Crippen LogP contribution is 2.27. The van der Waals surface area contributed by atoms with E-state index in [1.807, 2.05) is 19.9 Å². The zero-order valence-electron chi connectivity index (χ0n) is 10.2. The fourth-order valence-corrected chi connectivity index (χ4v) is 2.34. The van der Waals surface area contributed by atoms with Gasteiger partial charge >= 0.3 is 0 Å². The van der Waals surface area contributed by atoms with Gasteiger partial charge in [0.25, 0.3) is 11.1 Å². The Morgan fingerprint density at radius 1 is 1.33 bits per heavy atom. The molecule has 1 aliphatic rings. The predicted molar refractivity (Wildman–Crippen MR) is 71.4 cm³/mol. The van der Waals surface area contributed by atoms with Gasteiger partial charge in [-0.1, -0.05) is 0 Å². The molecule has 1 aromatic heterocycles. The summed E-state index contributed by atoms with van der Waals surface area (Å²) in [7, 11) is 0. The van der Waals surface area contributed by atoms with Gasteiger partial charge in [0.1, 0.15) is 5.76 Å². The standard InChI is InChI=1S/C12H14N2O3S/c1-3-14(4-2)10-6-5-8(17-10)7-9-11(15)13-12(16)18-9/h5-7H,3-4H2,1-2H3,(H,13,15,16). The lowest BCUT2D eigenvalue weighted by Gasteiger charge is -2.16. The van der Waals surface area contributed by atoms with Crippen molar-refractivity contribution < 1.29 is 14.0 Å². The second kappa shape index (κ2) is 5.30. The number of thioether (sulfide) groups is 1. The Labute approximate surface area is 109 Å². The molecule has 1 saturated heterocycles. The molecule has 0 unspecified atom stereocenters. The Kier molecular flexibility index (Phi) is 3.76. The molecular weight excluding hydrogens is 252 g/mol. The lowest BCUT2D eigenvalue weighted by atomic mass is 10.4. The third-order valence-electron chi connectivity index (χ3n) is 2.60. The smallest absolute Gasteiger partial charge is 0.290 e. The van der Waals surface area contributed by atoms with Crippen LogP contribution in [0.4, 0.5) is 10.7 Å². The molecule has 1 N–H and O–H groups in total. The highest BCUT2D eigenvalue weighted by atomic mass is 32.2. The van der Waals surface area contributed by atoms with Crippen LogP contribution in [0.25, 0.3) is 6.08 Å². The van der Waals surface area contributed by atoms with E-state index < -0.39 is 0 Å². The van der Waals surface area contributed by atoms with Crippen molar-refractivity contribution in [3.63, 3.8) is 0 Å². The summed E-state index contributed by atoms with van der Waals surface area (Å²) in [6.45, 7) is 5.80. The number of imide groups is 1. The van der Waals surface area contributed by atoms with Crippen molar-refractivity contribution in [1.82, 2.24) is 5.32 Å². The van der Waals surface area contributed by atoms with Gasteiger partial charge in [-0.05, 0) is 31.7 Å². The third-order valence-corrected chi connectivity index (χ3v) is 3.41. The van der Waals surface area contributed by atoms with Crippen LogP contribution in [0, 0.1) is 0 Å². The van der Waals surface area contributed by atoms with Crippen molar-refractivity contribution in [2.24, 2.45) is 0 Å². The molecule has 0 saturated carbocycles. The van der Waals surface area contributed by atoms with Gasteiger partial charge in [-0.25, -0.2) is 0 Å². The Morgan fingerprint density at radius 3 is 2.61 bits per heavy atom. The molecule has 0 aliphatic carbocycles. The summed E-state index contributed by atoms with van der Waals surface area (Å²) >= 11 is 0.886. The molecule has 0 radical (unpaired) electrons. The predicted octanol–water partition coefficient (Wildman–Crippen LogP) is 2.45. The van der Waals surface area contributed by atoms with Gasteiger partial charge in [0.2, 0.25) is 0 Å². The van der Waals surface area contributed by atoms with Crippen molar-refractivity contribution in [3.05, 3.63) is 22.8 Å². The Morgan fingerprint density at radius 2 is 2.06 bits per heavy atom. The van der Waals surface area contributed by atoms with E-state index >= 15 is 0 Å². The number of nitrogens with one attached hydrogen (secondary N) is 1. The number of anilines is 1. The highest BCUT2D eigenvalue weighted by molar-refractivity contribution is 8.18. The summed E-state index contributed by atoms with van der Waals surface area (Å²) < 4.78 is 5.62. The van der Waals surface area contributed by atoms with Crippen molar-refractivity contribution in [3.8, 4) is 0 Å². The van der Waals surface area contributed by atoms with E-state index in [0.717, 1.165) is 30.7 Å². The molecule has 2 amide bonds. The number of hydrogen-bond acceptors (Lipinski definition) is 5. The maximum absolute atomic E-state index is 11.4. The van der Waals surface area contributed by atoms with Crippen molar-refractivity contribution in [1.29, 1.82) is 0 Å². The third kappa shape index (κ3) is 2.59. The topological polar surface area (TPSA) is 62.6 Å². The van der Waals surface area contributed by atoms with Crippen LogP contribution >= 0.6 is 11.8 Å². The monoisotopic (exact) mass is 266 g/mol. The summed E-state index contributed by atoms with van der Waals surface area (Å²) in [5.41, 5.74) is 0. The zero-order valence-corrected chi connectivity index (χ0v) is 11.0. The fourth-order valence-electron chi connectivity index (χ4n) is 1.68. The average molecular weight is 266 g/mol. The summed E-state index contributed by atoms with van der Waals surface area (Å²) in [6.07, 6.45) is 1.58. The molecule has 1 fully saturated rings. The number of furan rings is 1. The first kappa shape index (κ1) is 12.8. The minimum atomic E-state index is -0.370. The molecule has 1 aliphatic heterocycles. The molecule has 6 heteroatoms. The molecule has 0 aromatic carbocycles. The maximum atomic E-state index is 11.4. The van der Waals surface area contributed by atoms with Gasteiger partial charge in [-0.2, -0.15) is 0 Å². The van der Waals surface area contributed by atoms with Crippen LogP contribution in [0.2, 0.25) is 0 Å². The van der Waals surface area contributed by atoms with E-state index in [-0.39, 0.29) is 11.1 Å². The molecule has 5 nitrogen and oxygen atoms in total. The van der Waals surface area contributed by atoms with Crippen LogP contribution in [-0.2, 0) is 4.79 Å². The zero-order chi connectivity index (χ0) is 13.1. The van der Waals surface area contributed by atoms with E-state index in [2.05, 4.69) is 10.2 Å². The van der Waals surface area contributed by atoms with E-state index in [1.54, 1.807) is 12.1 Å². The number of carbonyl (C=O) groups excluding carboxylic acids is 2. The van der Waals surface area contributed by atoms with Crippen molar-refractivity contribution in [2.45, 2.75) is 13.8 Å². The molecule has 2 heterocycles. The van der Waals surface area contributed by atoms with Crippen molar-refractivity contribution in [2.75, 3.05) is 18.0 Å². The normalized spacial score (nSPS) is 17.3. The average Bonchev–Trinajstić information content (AvgIpc) is 2.89. The number of nitrogens with zero attached hydrogens (tertiary/aromatic N) is 1. The van der Waals surface area contributed by atoms with Crippen LogP contribution < -0.4 is 10.2 Å². The largest absolute Gasteiger partial charge is 0.441 e. The van der Waals surface area contributed by atoms with Gasteiger partial charge < -0.3 is 9.32 Å². The lowest BCUT2D eigenvalue weighted by molar-refractivity contribution is -0.115. The van der Waals surface area contributed by atoms with Gasteiger partial charge in [0.15, 0.2) is 5.88 Å². The Balaban J connectivity index is 2.18. The maximum Gasteiger partial charge on any atom is 0.290 e. The van der Waals surface area contributed by atoms with Gasteiger partial charge in [0, 0.05) is 25.2 Å². The Bertz CT molecular complexity index is 503. The number of hydrogen-bond donors (Lipinski definition) is 1. The Hall–Kier alpha value is -1.69. The van der Waals surface area contributed by atoms with Gasteiger partial charge in [-0.15, -0.1) is 0 Å². The van der Waals surface area contributed by atoms with Crippen molar-refractivity contribution >= 4 is 34.9 Å². The first-order chi connectivity index (χ1) is 8.63. The number of rotatable bonds is 4. The molecular formula is C12H14N2O3S. The molecule has 2 rings (SSSR count). The summed E-state index contributed by atoms with van der Waals surface area (Å²) in [5.74, 6) is 0.969. The van der Waals surface area contributed by atoms with E-state index in [0.29, 0.717) is 10.7 Å². The molecule has 0 bridgehead atoms. The summed E-state index contributed by atoms with van der Waals surface area (Å²) in [5, 5.41) is 1.86. The first-order valence-electron chi connectivity index (χ1n) is 5.73. The minimum Gasteiger partial charge on any atom is -0.441 e. The molecule has 0 atom stereocenters. The summed E-state index contributed by atoms with van der Waals surface area (Å²) in [6, 6.07) is 3.65. The minimum absolute atomic E-state index is 0.346. The van der Waals surface area contributed by atoms with E-state index in [1.165, 1.54) is 0 Å². The van der Waals surface area contributed by atoms with E-state index in [4.69, 9.17) is 4.42 Å².